The predicted molar refractivity (Wildman–Crippen MR) is 148 cm³/mol. The number of benzene rings is 2. The van der Waals surface area contributed by atoms with E-state index in [-0.39, 0.29) is 18.3 Å². The number of alkyl carbamates (subject to hydrolysis) is 1. The number of aromatic nitrogens is 4. The van der Waals surface area contributed by atoms with Gasteiger partial charge in [-0.1, -0.05) is 74.5 Å². The lowest BCUT2D eigenvalue weighted by Gasteiger charge is -2.24. The van der Waals surface area contributed by atoms with Crippen LogP contribution in [0, 0.1) is 5.92 Å². The minimum Gasteiger partial charge on any atom is -0.481 e. The normalized spacial score (nSPS) is 13.0. The van der Waals surface area contributed by atoms with Crippen molar-refractivity contribution in [2.75, 3.05) is 0 Å². The van der Waals surface area contributed by atoms with Gasteiger partial charge in [0.1, 0.15) is 31.3 Å². The monoisotopic (exact) mass is 579 g/mol. The molecule has 0 fully saturated rings. The van der Waals surface area contributed by atoms with E-state index in [1.54, 1.807) is 62.4 Å². The smallest absolute Gasteiger partial charge is 0.408 e. The molecule has 1 aromatic heterocycles. The number of amides is 3. The molecule has 0 saturated carbocycles. The van der Waals surface area contributed by atoms with Crippen molar-refractivity contribution in [1.82, 2.24) is 36.2 Å². The highest BCUT2D eigenvalue weighted by Gasteiger charge is 2.30. The summed E-state index contributed by atoms with van der Waals surface area (Å²) in [5, 5.41) is 28.5. The van der Waals surface area contributed by atoms with Crippen molar-refractivity contribution in [2.45, 2.75) is 58.5 Å². The van der Waals surface area contributed by atoms with Gasteiger partial charge in [-0.15, -0.1) is 10.2 Å². The molecule has 4 N–H and O–H groups in total. The third-order valence-corrected chi connectivity index (χ3v) is 6.05. The Balaban J connectivity index is 1.57. The van der Waals surface area contributed by atoms with Gasteiger partial charge < -0.3 is 25.8 Å². The van der Waals surface area contributed by atoms with Crippen LogP contribution in [0.4, 0.5) is 4.79 Å². The topological polar surface area (TPSA) is 194 Å². The van der Waals surface area contributed by atoms with Gasteiger partial charge in [0.05, 0.1) is 6.42 Å². The van der Waals surface area contributed by atoms with Crippen LogP contribution in [-0.4, -0.2) is 73.1 Å². The molecular formula is C28H33N7O7. The van der Waals surface area contributed by atoms with Gasteiger partial charge in [-0.2, -0.15) is 4.80 Å². The largest absolute Gasteiger partial charge is 0.481 e. The van der Waals surface area contributed by atoms with E-state index in [2.05, 4.69) is 31.4 Å². The number of ether oxygens (including phenoxy) is 1. The first-order valence-electron chi connectivity index (χ1n) is 13.2. The molecule has 0 saturated heterocycles. The first-order chi connectivity index (χ1) is 20.0. The molecule has 2 aromatic carbocycles. The molecule has 0 bridgehead atoms. The maximum absolute atomic E-state index is 12.9. The number of carbonyl (C=O) groups is 5. The summed E-state index contributed by atoms with van der Waals surface area (Å²) in [4.78, 5) is 63.4. The summed E-state index contributed by atoms with van der Waals surface area (Å²) in [5.41, 5.74) is 1.44. The summed E-state index contributed by atoms with van der Waals surface area (Å²) in [5.74, 6) is -3.54. The number of aliphatic carboxylic acids is 1. The van der Waals surface area contributed by atoms with Crippen LogP contribution in [-0.2, 0) is 37.1 Å². The first kappa shape index (κ1) is 31.4. The number of nitrogens with one attached hydrogen (secondary N) is 3. The number of nitrogens with zero attached hydrogens (tertiary/aromatic N) is 4. The van der Waals surface area contributed by atoms with Gasteiger partial charge in [-0.3, -0.25) is 19.2 Å². The maximum Gasteiger partial charge on any atom is 0.408 e. The standard InChI is InChI=1S/C28H33N7O7/c1-17(2)24(31-28(41)42-16-19-10-6-4-7-11-19)27(40)29-18(3)26(39)30-21(14-23(37)38)22(36)15-35-33-25(32-34-35)20-12-8-5-9-13-20/h4-13,17-18,21,24H,14-16H2,1-3H3,(H,29,40)(H,30,39)(H,31,41)(H,37,38)/t18-,21?,24-/m0/s1. The predicted octanol–water partition coefficient (Wildman–Crippen LogP) is 1.32. The van der Waals surface area contributed by atoms with Crippen LogP contribution in [0.25, 0.3) is 11.4 Å². The molecule has 0 radical (unpaired) electrons. The molecule has 42 heavy (non-hydrogen) atoms. The molecule has 0 aliphatic rings. The van der Waals surface area contributed by atoms with E-state index in [9.17, 15) is 29.1 Å². The van der Waals surface area contributed by atoms with Gasteiger partial charge >= 0.3 is 12.1 Å². The Morgan fingerprint density at radius 1 is 0.881 bits per heavy atom. The molecule has 3 aromatic rings. The first-order valence-corrected chi connectivity index (χ1v) is 13.2. The number of hydrogen-bond donors (Lipinski definition) is 4. The quantitative estimate of drug-likeness (QED) is 0.216. The van der Waals surface area contributed by atoms with Crippen LogP contribution in [0.5, 0.6) is 0 Å². The maximum atomic E-state index is 12.9. The number of carboxylic acids is 1. The number of tetrazole rings is 1. The van der Waals surface area contributed by atoms with Gasteiger partial charge in [0.2, 0.25) is 17.6 Å². The van der Waals surface area contributed by atoms with Crippen LogP contribution in [0.3, 0.4) is 0 Å². The number of carboxylic acid groups (broad SMARTS) is 1. The molecule has 0 aliphatic carbocycles. The van der Waals surface area contributed by atoms with Crippen molar-refractivity contribution in [3.63, 3.8) is 0 Å². The fourth-order valence-corrected chi connectivity index (χ4v) is 3.77. The third kappa shape index (κ3) is 9.50. The molecule has 14 nitrogen and oxygen atoms in total. The van der Waals surface area contributed by atoms with Crippen LogP contribution in [0.1, 0.15) is 32.8 Å². The second-order valence-corrected chi connectivity index (χ2v) is 9.79. The van der Waals surface area contributed by atoms with Crippen molar-refractivity contribution in [3.8, 4) is 11.4 Å². The highest BCUT2D eigenvalue weighted by molar-refractivity contribution is 5.95. The summed E-state index contributed by atoms with van der Waals surface area (Å²) in [6.07, 6.45) is -1.51. The van der Waals surface area contributed by atoms with E-state index in [0.29, 0.717) is 5.56 Å². The van der Waals surface area contributed by atoms with E-state index in [1.165, 1.54) is 6.92 Å². The highest BCUT2D eigenvalue weighted by atomic mass is 16.5. The fourth-order valence-electron chi connectivity index (χ4n) is 3.77. The van der Waals surface area contributed by atoms with Crippen LogP contribution >= 0.6 is 0 Å². The SMILES string of the molecule is CC(C)[C@H](NC(=O)OCc1ccccc1)C(=O)N[C@@H](C)C(=O)NC(CC(=O)O)C(=O)Cn1nnc(-c2ccccc2)n1. The zero-order valence-corrected chi connectivity index (χ0v) is 23.4. The van der Waals surface area contributed by atoms with Crippen LogP contribution in [0.2, 0.25) is 0 Å². The van der Waals surface area contributed by atoms with Gasteiger partial charge in [-0.25, -0.2) is 4.79 Å². The Bertz CT molecular complexity index is 1380. The highest BCUT2D eigenvalue weighted by Crippen LogP contribution is 2.12. The summed E-state index contributed by atoms with van der Waals surface area (Å²) >= 11 is 0. The molecule has 3 amide bonds. The fraction of sp³-hybridized carbons (Fsp3) is 0.357. The second kappa shape index (κ2) is 15.0. The molecule has 3 atom stereocenters. The van der Waals surface area contributed by atoms with E-state index in [1.807, 2.05) is 12.1 Å². The Hall–Kier alpha value is -5.14. The van der Waals surface area contributed by atoms with Gasteiger partial charge in [0, 0.05) is 5.56 Å². The Kier molecular flexibility index (Phi) is 11.2. The zero-order chi connectivity index (χ0) is 30.6. The third-order valence-electron chi connectivity index (χ3n) is 6.05. The van der Waals surface area contributed by atoms with Crippen molar-refractivity contribution >= 4 is 29.7 Å². The van der Waals surface area contributed by atoms with Crippen LogP contribution in [0.15, 0.2) is 60.7 Å². The van der Waals surface area contributed by atoms with E-state index in [0.717, 1.165) is 10.4 Å². The minimum absolute atomic E-state index is 0.00852. The summed E-state index contributed by atoms with van der Waals surface area (Å²) in [6.45, 7) is 4.34. The van der Waals surface area contributed by atoms with Crippen LogP contribution < -0.4 is 16.0 Å². The lowest BCUT2D eigenvalue weighted by atomic mass is 10.0. The van der Waals surface area contributed by atoms with Crippen molar-refractivity contribution in [1.29, 1.82) is 0 Å². The second-order valence-electron chi connectivity index (χ2n) is 9.79. The van der Waals surface area contributed by atoms with Crippen molar-refractivity contribution in [2.24, 2.45) is 5.92 Å². The lowest BCUT2D eigenvalue weighted by Crippen LogP contribution is -2.56. The van der Waals surface area contributed by atoms with E-state index in [4.69, 9.17) is 4.74 Å². The van der Waals surface area contributed by atoms with Gasteiger partial charge in [-0.05, 0) is 23.6 Å². The average molecular weight is 580 g/mol. The number of ketones is 1. The minimum atomic E-state index is -1.42. The molecule has 0 spiro atoms. The number of carbonyl (C=O) groups excluding carboxylic acids is 4. The molecule has 1 unspecified atom stereocenters. The molecule has 3 rings (SSSR count). The molecule has 14 heteroatoms. The van der Waals surface area contributed by atoms with Gasteiger partial charge in [0.15, 0.2) is 5.78 Å². The number of Topliss-reactive ketones (excluding diaryl/α,β-unsaturated/α-hetero) is 1. The number of hydrogen-bond acceptors (Lipinski definition) is 9. The molecule has 1 heterocycles. The molecular weight excluding hydrogens is 546 g/mol. The van der Waals surface area contributed by atoms with E-state index >= 15 is 0 Å². The summed E-state index contributed by atoms with van der Waals surface area (Å²) in [6, 6.07) is 14.3. The molecule has 222 valence electrons. The lowest BCUT2D eigenvalue weighted by molar-refractivity contribution is -0.140. The Labute approximate surface area is 241 Å². The molecule has 0 aliphatic heterocycles. The zero-order valence-electron chi connectivity index (χ0n) is 23.4. The average Bonchev–Trinajstić information content (AvgIpc) is 3.43. The summed E-state index contributed by atoms with van der Waals surface area (Å²) < 4.78 is 5.18. The van der Waals surface area contributed by atoms with E-state index < -0.39 is 60.8 Å². The van der Waals surface area contributed by atoms with Crippen molar-refractivity contribution < 1.29 is 33.8 Å². The van der Waals surface area contributed by atoms with Crippen molar-refractivity contribution in [3.05, 3.63) is 66.2 Å². The number of rotatable bonds is 14. The Morgan fingerprint density at radius 3 is 2.14 bits per heavy atom. The summed E-state index contributed by atoms with van der Waals surface area (Å²) in [7, 11) is 0. The van der Waals surface area contributed by atoms with Gasteiger partial charge in [0.25, 0.3) is 0 Å². The Morgan fingerprint density at radius 2 is 1.52 bits per heavy atom.